The zero-order valence-corrected chi connectivity index (χ0v) is 14.1. The maximum absolute atomic E-state index is 13.1. The first-order chi connectivity index (χ1) is 11.0. The Kier molecular flexibility index (Phi) is 4.17. The third-order valence-electron chi connectivity index (χ3n) is 3.83. The maximum atomic E-state index is 13.1. The molecule has 0 radical (unpaired) electrons. The third-order valence-corrected chi connectivity index (χ3v) is 4.94. The fraction of sp³-hybridized carbons (Fsp3) is 0.294. The molecular weight excluding hydrogens is 313 g/mol. The van der Waals surface area contributed by atoms with Crippen molar-refractivity contribution in [3.05, 3.63) is 46.7 Å². The summed E-state index contributed by atoms with van der Waals surface area (Å²) in [5.41, 5.74) is 1.63. The van der Waals surface area contributed by atoms with Crippen LogP contribution in [0.2, 0.25) is 0 Å². The van der Waals surface area contributed by atoms with Crippen LogP contribution < -0.4 is 5.32 Å². The van der Waals surface area contributed by atoms with Gasteiger partial charge in [-0.15, -0.1) is 11.3 Å². The van der Waals surface area contributed by atoms with Crippen LogP contribution in [0.4, 0.5) is 4.39 Å². The van der Waals surface area contributed by atoms with Crippen LogP contribution in [0.15, 0.2) is 30.3 Å². The number of carbonyl (C=O) groups excluding carboxylic acids is 1. The molecule has 3 aromatic rings. The number of benzene rings is 1. The van der Waals surface area contributed by atoms with Crippen molar-refractivity contribution in [1.82, 2.24) is 15.1 Å². The molecule has 0 aliphatic carbocycles. The highest BCUT2D eigenvalue weighted by Gasteiger charge is 2.18. The molecule has 1 aromatic carbocycles. The van der Waals surface area contributed by atoms with Crippen LogP contribution in [0.3, 0.4) is 0 Å². The van der Waals surface area contributed by atoms with Crippen molar-refractivity contribution in [2.24, 2.45) is 0 Å². The summed E-state index contributed by atoms with van der Waals surface area (Å²) in [4.78, 5) is 13.9. The Labute approximate surface area is 137 Å². The molecule has 1 N–H and O–H groups in total. The molecular formula is C17H18FN3OS. The van der Waals surface area contributed by atoms with Crippen molar-refractivity contribution in [2.75, 3.05) is 0 Å². The molecule has 2 heterocycles. The molecule has 1 amide bonds. The summed E-state index contributed by atoms with van der Waals surface area (Å²) in [7, 11) is 0. The number of carbonyl (C=O) groups is 1. The standard InChI is InChI=1S/C17H18FN3OS/c1-4-10(2)19-16(22)15-9-14-11(3)20-21(17(14)23-15)13-7-5-12(18)6-8-13/h5-10H,4H2,1-3H3,(H,19,22). The van der Waals surface area contributed by atoms with Gasteiger partial charge in [-0.1, -0.05) is 6.92 Å². The fourth-order valence-corrected chi connectivity index (χ4v) is 3.40. The first kappa shape index (κ1) is 15.7. The minimum absolute atomic E-state index is 0.0643. The van der Waals surface area contributed by atoms with Gasteiger partial charge < -0.3 is 5.32 Å². The topological polar surface area (TPSA) is 46.9 Å². The van der Waals surface area contributed by atoms with E-state index >= 15 is 0 Å². The molecule has 6 heteroatoms. The molecule has 0 fully saturated rings. The van der Waals surface area contributed by atoms with Gasteiger partial charge in [-0.2, -0.15) is 5.10 Å². The lowest BCUT2D eigenvalue weighted by Crippen LogP contribution is -2.31. The van der Waals surface area contributed by atoms with Crippen molar-refractivity contribution >= 4 is 27.5 Å². The predicted octanol–water partition coefficient (Wildman–Crippen LogP) is 4.06. The van der Waals surface area contributed by atoms with Gasteiger partial charge in [0.25, 0.3) is 5.91 Å². The number of thiophene rings is 1. The van der Waals surface area contributed by atoms with Gasteiger partial charge in [-0.3, -0.25) is 4.79 Å². The van der Waals surface area contributed by atoms with E-state index in [2.05, 4.69) is 10.4 Å². The van der Waals surface area contributed by atoms with E-state index < -0.39 is 0 Å². The molecule has 0 spiro atoms. The van der Waals surface area contributed by atoms with Gasteiger partial charge in [0.15, 0.2) is 0 Å². The lowest BCUT2D eigenvalue weighted by molar-refractivity contribution is 0.0943. The SMILES string of the molecule is CCC(C)NC(=O)c1cc2c(C)nn(-c3ccc(F)cc3)c2s1. The number of rotatable bonds is 4. The van der Waals surface area contributed by atoms with Gasteiger partial charge in [0.05, 0.1) is 16.3 Å². The van der Waals surface area contributed by atoms with E-state index in [4.69, 9.17) is 0 Å². The van der Waals surface area contributed by atoms with Crippen molar-refractivity contribution in [2.45, 2.75) is 33.2 Å². The first-order valence-corrected chi connectivity index (χ1v) is 8.37. The average molecular weight is 331 g/mol. The van der Waals surface area contributed by atoms with E-state index in [1.165, 1.54) is 23.5 Å². The zero-order chi connectivity index (χ0) is 16.6. The molecule has 0 saturated heterocycles. The Bertz CT molecular complexity index is 851. The van der Waals surface area contributed by atoms with Gasteiger partial charge in [-0.05, 0) is 50.6 Å². The predicted molar refractivity (Wildman–Crippen MR) is 90.9 cm³/mol. The maximum Gasteiger partial charge on any atom is 0.261 e. The molecule has 4 nitrogen and oxygen atoms in total. The van der Waals surface area contributed by atoms with Crippen LogP contribution >= 0.6 is 11.3 Å². The van der Waals surface area contributed by atoms with E-state index in [9.17, 15) is 9.18 Å². The average Bonchev–Trinajstić information content (AvgIpc) is 3.09. The van der Waals surface area contributed by atoms with Crippen molar-refractivity contribution < 1.29 is 9.18 Å². The molecule has 3 rings (SSSR count). The summed E-state index contributed by atoms with van der Waals surface area (Å²) in [6, 6.07) is 8.19. The van der Waals surface area contributed by atoms with Crippen LogP contribution in [0.25, 0.3) is 15.9 Å². The number of nitrogens with one attached hydrogen (secondary N) is 1. The lowest BCUT2D eigenvalue weighted by Gasteiger charge is -2.09. The van der Waals surface area contributed by atoms with Gasteiger partial charge in [0.2, 0.25) is 0 Å². The molecule has 2 aromatic heterocycles. The number of aromatic nitrogens is 2. The molecule has 0 aliphatic heterocycles. The van der Waals surface area contributed by atoms with E-state index in [1.807, 2.05) is 26.8 Å². The molecule has 1 unspecified atom stereocenters. The van der Waals surface area contributed by atoms with Crippen molar-refractivity contribution in [3.63, 3.8) is 0 Å². The molecule has 120 valence electrons. The Morgan fingerprint density at radius 1 is 1.39 bits per heavy atom. The van der Waals surface area contributed by atoms with Crippen LogP contribution in [0, 0.1) is 12.7 Å². The number of halogens is 1. The highest BCUT2D eigenvalue weighted by Crippen LogP contribution is 2.30. The second-order valence-corrected chi connectivity index (χ2v) is 6.62. The highest BCUT2D eigenvalue weighted by molar-refractivity contribution is 7.20. The quantitative estimate of drug-likeness (QED) is 0.783. The summed E-state index contributed by atoms with van der Waals surface area (Å²) in [6.45, 7) is 5.93. The van der Waals surface area contributed by atoms with E-state index in [0.717, 1.165) is 28.0 Å². The number of hydrogen-bond acceptors (Lipinski definition) is 3. The molecule has 0 saturated carbocycles. The van der Waals surface area contributed by atoms with Crippen LogP contribution in [-0.2, 0) is 0 Å². The summed E-state index contributed by atoms with van der Waals surface area (Å²) in [5, 5.41) is 8.43. The van der Waals surface area contributed by atoms with Crippen molar-refractivity contribution in [1.29, 1.82) is 0 Å². The molecule has 0 bridgehead atoms. The smallest absolute Gasteiger partial charge is 0.261 e. The number of nitrogens with zero attached hydrogens (tertiary/aromatic N) is 2. The molecule has 1 atom stereocenters. The Morgan fingerprint density at radius 2 is 2.09 bits per heavy atom. The number of hydrogen-bond donors (Lipinski definition) is 1. The summed E-state index contributed by atoms with van der Waals surface area (Å²) < 4.78 is 14.9. The van der Waals surface area contributed by atoms with Crippen LogP contribution in [-0.4, -0.2) is 21.7 Å². The van der Waals surface area contributed by atoms with Gasteiger partial charge in [0.1, 0.15) is 10.6 Å². The number of fused-ring (bicyclic) bond motifs is 1. The second kappa shape index (κ2) is 6.12. The normalized spacial score (nSPS) is 12.5. The van der Waals surface area contributed by atoms with E-state index in [0.29, 0.717) is 4.88 Å². The highest BCUT2D eigenvalue weighted by atomic mass is 32.1. The van der Waals surface area contributed by atoms with E-state index in [1.54, 1.807) is 16.8 Å². The Hall–Kier alpha value is -2.21. The minimum Gasteiger partial charge on any atom is -0.349 e. The van der Waals surface area contributed by atoms with Gasteiger partial charge >= 0.3 is 0 Å². The van der Waals surface area contributed by atoms with Gasteiger partial charge in [-0.25, -0.2) is 9.07 Å². The summed E-state index contributed by atoms with van der Waals surface area (Å²) in [6.07, 6.45) is 0.888. The van der Waals surface area contributed by atoms with Crippen LogP contribution in [0.5, 0.6) is 0 Å². The molecule has 23 heavy (non-hydrogen) atoms. The Morgan fingerprint density at radius 3 is 2.74 bits per heavy atom. The van der Waals surface area contributed by atoms with Gasteiger partial charge in [0, 0.05) is 11.4 Å². The van der Waals surface area contributed by atoms with E-state index in [-0.39, 0.29) is 17.8 Å². The van der Waals surface area contributed by atoms with Crippen molar-refractivity contribution in [3.8, 4) is 5.69 Å². The first-order valence-electron chi connectivity index (χ1n) is 7.55. The lowest BCUT2D eigenvalue weighted by atomic mass is 10.2. The minimum atomic E-state index is -0.284. The molecule has 0 aliphatic rings. The summed E-state index contributed by atoms with van der Waals surface area (Å²) >= 11 is 1.40. The Balaban J connectivity index is 2.01. The second-order valence-electron chi connectivity index (χ2n) is 5.59. The number of aryl methyl sites for hydroxylation is 1. The monoisotopic (exact) mass is 331 g/mol. The summed E-state index contributed by atoms with van der Waals surface area (Å²) in [5.74, 6) is -0.348. The zero-order valence-electron chi connectivity index (χ0n) is 13.3. The third kappa shape index (κ3) is 2.99. The number of amides is 1. The largest absolute Gasteiger partial charge is 0.349 e. The fourth-order valence-electron chi connectivity index (χ4n) is 2.31. The van der Waals surface area contributed by atoms with Crippen LogP contribution in [0.1, 0.15) is 35.6 Å².